The van der Waals surface area contributed by atoms with Crippen molar-refractivity contribution in [1.82, 2.24) is 4.98 Å². The van der Waals surface area contributed by atoms with Crippen LogP contribution in [0, 0.1) is 27.7 Å². The molecule has 0 fully saturated rings. The normalized spacial score (nSPS) is 11.1. The largest absolute Gasteiger partial charge is 0.331 e. The molecule has 1 heterocycles. The number of benzene rings is 2. The number of rotatable bonds is 1. The van der Waals surface area contributed by atoms with Gasteiger partial charge in [0.25, 0.3) is 0 Å². The molecule has 0 aliphatic rings. The first-order valence-corrected chi connectivity index (χ1v) is 7.32. The molecule has 0 saturated carbocycles. The lowest BCUT2D eigenvalue weighted by Gasteiger charge is -2.10. The van der Waals surface area contributed by atoms with Gasteiger partial charge in [-0.15, -0.1) is 0 Å². The van der Waals surface area contributed by atoms with Gasteiger partial charge in [-0.3, -0.25) is 0 Å². The van der Waals surface area contributed by atoms with Crippen molar-refractivity contribution in [3.63, 3.8) is 0 Å². The Morgan fingerprint density at radius 1 is 0.952 bits per heavy atom. The van der Waals surface area contributed by atoms with E-state index < -0.39 is 0 Å². The van der Waals surface area contributed by atoms with Crippen LogP contribution in [-0.4, -0.2) is 4.98 Å². The molecule has 2 heteroatoms. The maximum Gasteiger partial charge on any atom is 0.331 e. The summed E-state index contributed by atoms with van der Waals surface area (Å²) in [6.45, 7) is 8.64. The van der Waals surface area contributed by atoms with Gasteiger partial charge in [0.05, 0.1) is 18.0 Å². The summed E-state index contributed by atoms with van der Waals surface area (Å²) < 4.78 is 2.20. The molecule has 0 bridgehead atoms. The van der Waals surface area contributed by atoms with Crippen LogP contribution in [0.2, 0.25) is 0 Å². The highest BCUT2D eigenvalue weighted by Crippen LogP contribution is 2.25. The minimum Gasteiger partial charge on any atom is -0.230 e. The van der Waals surface area contributed by atoms with Crippen molar-refractivity contribution >= 4 is 10.9 Å². The molecule has 0 radical (unpaired) electrons. The topological polar surface area (TPSA) is 16.8 Å². The Kier molecular flexibility index (Phi) is 3.25. The fourth-order valence-electron chi connectivity index (χ4n) is 2.92. The minimum absolute atomic E-state index is 1.04. The number of fused-ring (bicyclic) bond motifs is 1. The van der Waals surface area contributed by atoms with Crippen LogP contribution in [0.15, 0.2) is 36.4 Å². The minimum atomic E-state index is 1.04. The summed E-state index contributed by atoms with van der Waals surface area (Å²) in [7, 11) is 2.10. The fourth-order valence-corrected chi connectivity index (χ4v) is 2.92. The molecule has 21 heavy (non-hydrogen) atoms. The van der Waals surface area contributed by atoms with Gasteiger partial charge in [-0.25, -0.2) is 4.57 Å². The number of hydrogen-bond acceptors (Lipinski definition) is 1. The zero-order valence-electron chi connectivity index (χ0n) is 13.4. The van der Waals surface area contributed by atoms with E-state index in [1.165, 1.54) is 33.3 Å². The summed E-state index contributed by atoms with van der Waals surface area (Å²) in [6.07, 6.45) is 0. The number of hydrogen-bond donors (Lipinski definition) is 0. The van der Waals surface area contributed by atoms with E-state index in [1.54, 1.807) is 0 Å². The van der Waals surface area contributed by atoms with Gasteiger partial charge >= 0.3 is 5.82 Å². The standard InChI is InChI=1S/C19H21N2/c1-12-10-13(2)14(3)17(11-12)19-20-18-9-7-6-8-16(18)15(4)21(19)5/h6-11H,1-5H3/q+1. The molecule has 0 aliphatic heterocycles. The lowest BCUT2D eigenvalue weighted by Crippen LogP contribution is -2.36. The van der Waals surface area contributed by atoms with E-state index >= 15 is 0 Å². The molecular weight excluding hydrogens is 256 g/mol. The summed E-state index contributed by atoms with van der Waals surface area (Å²) in [4.78, 5) is 4.91. The Hall–Kier alpha value is -2.22. The molecule has 106 valence electrons. The van der Waals surface area contributed by atoms with Crippen molar-refractivity contribution in [2.45, 2.75) is 27.7 Å². The predicted molar refractivity (Wildman–Crippen MR) is 87.3 cm³/mol. The van der Waals surface area contributed by atoms with Crippen LogP contribution >= 0.6 is 0 Å². The Balaban J connectivity index is 2.38. The monoisotopic (exact) mass is 277 g/mol. The highest BCUT2D eigenvalue weighted by atomic mass is 15.0. The molecule has 0 unspecified atom stereocenters. The van der Waals surface area contributed by atoms with Gasteiger partial charge in [-0.2, -0.15) is 0 Å². The van der Waals surface area contributed by atoms with Crippen molar-refractivity contribution in [3.05, 3.63) is 58.8 Å². The van der Waals surface area contributed by atoms with Crippen LogP contribution in [0.5, 0.6) is 0 Å². The average Bonchev–Trinajstić information content (AvgIpc) is 2.47. The molecule has 0 N–H and O–H groups in total. The van der Waals surface area contributed by atoms with E-state index in [1.807, 2.05) is 6.07 Å². The fraction of sp³-hybridized carbons (Fsp3) is 0.263. The molecule has 0 amide bonds. The first kappa shape index (κ1) is 13.7. The summed E-state index contributed by atoms with van der Waals surface area (Å²) in [5, 5.41) is 1.21. The van der Waals surface area contributed by atoms with Gasteiger partial charge in [-0.05, 0) is 67.6 Å². The van der Waals surface area contributed by atoms with Crippen LogP contribution < -0.4 is 4.57 Å². The second-order valence-electron chi connectivity index (χ2n) is 5.85. The van der Waals surface area contributed by atoms with Crippen LogP contribution in [0.1, 0.15) is 22.4 Å². The maximum absolute atomic E-state index is 4.91. The van der Waals surface area contributed by atoms with E-state index in [4.69, 9.17) is 4.98 Å². The zero-order valence-corrected chi connectivity index (χ0v) is 13.4. The Bertz CT molecular complexity index is 848. The lowest BCUT2D eigenvalue weighted by atomic mass is 9.99. The van der Waals surface area contributed by atoms with E-state index in [-0.39, 0.29) is 0 Å². The van der Waals surface area contributed by atoms with Gasteiger partial charge in [0.1, 0.15) is 5.69 Å². The van der Waals surface area contributed by atoms with Crippen LogP contribution in [-0.2, 0) is 7.05 Å². The molecule has 3 aromatic rings. The second-order valence-corrected chi connectivity index (χ2v) is 5.85. The number of aromatic nitrogens is 2. The summed E-state index contributed by atoms with van der Waals surface area (Å²) in [5.41, 5.74) is 7.43. The highest BCUT2D eigenvalue weighted by molar-refractivity contribution is 5.81. The third-order valence-electron chi connectivity index (χ3n) is 4.39. The quantitative estimate of drug-likeness (QED) is 0.615. The summed E-state index contributed by atoms with van der Waals surface area (Å²) >= 11 is 0. The number of para-hydroxylation sites is 1. The third-order valence-corrected chi connectivity index (χ3v) is 4.39. The van der Waals surface area contributed by atoms with Crippen LogP contribution in [0.4, 0.5) is 0 Å². The molecule has 0 spiro atoms. The number of nitrogens with zero attached hydrogens (tertiary/aromatic N) is 2. The van der Waals surface area contributed by atoms with Gasteiger partial charge in [0, 0.05) is 0 Å². The molecule has 0 aliphatic carbocycles. The van der Waals surface area contributed by atoms with Crippen molar-refractivity contribution in [2.75, 3.05) is 0 Å². The zero-order chi connectivity index (χ0) is 15.1. The lowest BCUT2D eigenvalue weighted by molar-refractivity contribution is -0.667. The molecule has 2 nitrogen and oxygen atoms in total. The van der Waals surface area contributed by atoms with Gasteiger partial charge < -0.3 is 0 Å². The van der Waals surface area contributed by atoms with E-state index in [2.05, 4.69) is 69.6 Å². The number of aryl methyl sites for hydroxylation is 3. The van der Waals surface area contributed by atoms with Crippen molar-refractivity contribution < 1.29 is 4.57 Å². The van der Waals surface area contributed by atoms with Crippen molar-refractivity contribution in [2.24, 2.45) is 7.05 Å². The maximum atomic E-state index is 4.91. The molecule has 1 aromatic heterocycles. The predicted octanol–water partition coefficient (Wildman–Crippen LogP) is 3.96. The molecule has 0 saturated heterocycles. The first-order valence-electron chi connectivity index (χ1n) is 7.32. The highest BCUT2D eigenvalue weighted by Gasteiger charge is 2.21. The smallest absolute Gasteiger partial charge is 0.230 e. The Morgan fingerprint density at radius 3 is 2.43 bits per heavy atom. The van der Waals surface area contributed by atoms with Gasteiger partial charge in [-0.1, -0.05) is 18.2 Å². The van der Waals surface area contributed by atoms with Crippen molar-refractivity contribution in [3.8, 4) is 11.4 Å². The third kappa shape index (κ3) is 2.21. The summed E-state index contributed by atoms with van der Waals surface area (Å²) in [6, 6.07) is 12.8. The Labute approximate surface area is 126 Å². The van der Waals surface area contributed by atoms with Gasteiger partial charge in [0.15, 0.2) is 5.52 Å². The van der Waals surface area contributed by atoms with E-state index in [0.717, 1.165) is 11.3 Å². The van der Waals surface area contributed by atoms with E-state index in [0.29, 0.717) is 0 Å². The SMILES string of the molecule is Cc1cc(C)c(C)c(-c2nc3ccccc3c(C)[n+]2C)c1. The molecular formula is C19H21N2+. The second kappa shape index (κ2) is 4.96. The summed E-state index contributed by atoms with van der Waals surface area (Å²) in [5.74, 6) is 1.04. The van der Waals surface area contributed by atoms with E-state index in [9.17, 15) is 0 Å². The molecule has 3 rings (SSSR count). The van der Waals surface area contributed by atoms with Crippen molar-refractivity contribution in [1.29, 1.82) is 0 Å². The van der Waals surface area contributed by atoms with Crippen LogP contribution in [0.3, 0.4) is 0 Å². The first-order chi connectivity index (χ1) is 9.99. The average molecular weight is 277 g/mol. The Morgan fingerprint density at radius 2 is 1.67 bits per heavy atom. The van der Waals surface area contributed by atoms with Gasteiger partial charge in [0.2, 0.25) is 0 Å². The molecule has 2 aromatic carbocycles. The van der Waals surface area contributed by atoms with Crippen LogP contribution in [0.25, 0.3) is 22.3 Å². The molecule has 0 atom stereocenters.